The first-order valence-electron chi connectivity index (χ1n) is 6.97. The number of hydrogen-bond donors (Lipinski definition) is 1. The lowest BCUT2D eigenvalue weighted by Gasteiger charge is -2.30. The Bertz CT molecular complexity index is 393. The summed E-state index contributed by atoms with van der Waals surface area (Å²) < 4.78 is 28.9. The van der Waals surface area contributed by atoms with Crippen molar-refractivity contribution in [2.45, 2.75) is 45.3 Å². The van der Waals surface area contributed by atoms with E-state index in [1.54, 1.807) is 18.2 Å². The molecule has 1 aromatic carbocycles. The average molecular weight is 269 g/mol. The Morgan fingerprint density at radius 3 is 2.74 bits per heavy atom. The van der Waals surface area contributed by atoms with Crippen LogP contribution in [0, 0.1) is 5.92 Å². The molecule has 1 aliphatic carbocycles. The van der Waals surface area contributed by atoms with Crippen LogP contribution in [0.2, 0.25) is 0 Å². The molecule has 0 spiro atoms. The largest absolute Gasteiger partial charge is 0.435 e. The third kappa shape index (κ3) is 4.16. The van der Waals surface area contributed by atoms with Crippen LogP contribution in [0.1, 0.15) is 44.2 Å². The molecule has 1 saturated carbocycles. The SMILES string of the molecule is CCNC(CC1CCC1)c1cccc(OC(F)F)c1. The van der Waals surface area contributed by atoms with E-state index in [1.165, 1.54) is 19.3 Å². The smallest absolute Gasteiger partial charge is 0.387 e. The van der Waals surface area contributed by atoms with Crippen LogP contribution in [0.15, 0.2) is 24.3 Å². The van der Waals surface area contributed by atoms with Crippen LogP contribution in [-0.2, 0) is 0 Å². The molecule has 19 heavy (non-hydrogen) atoms. The fourth-order valence-electron chi connectivity index (χ4n) is 2.55. The molecule has 0 amide bonds. The zero-order valence-corrected chi connectivity index (χ0v) is 11.2. The zero-order valence-electron chi connectivity index (χ0n) is 11.2. The zero-order chi connectivity index (χ0) is 13.7. The quantitative estimate of drug-likeness (QED) is 0.803. The van der Waals surface area contributed by atoms with E-state index in [-0.39, 0.29) is 11.8 Å². The van der Waals surface area contributed by atoms with Crippen LogP contribution >= 0.6 is 0 Å². The predicted octanol–water partition coefficient (Wildman–Crippen LogP) is 4.13. The third-order valence-electron chi connectivity index (χ3n) is 3.73. The summed E-state index contributed by atoms with van der Waals surface area (Å²) in [4.78, 5) is 0. The third-order valence-corrected chi connectivity index (χ3v) is 3.73. The molecular formula is C15H21F2NO. The lowest BCUT2D eigenvalue weighted by atomic mass is 9.79. The molecule has 2 nitrogen and oxygen atoms in total. The molecule has 1 aromatic rings. The first-order chi connectivity index (χ1) is 9.19. The van der Waals surface area contributed by atoms with Crippen molar-refractivity contribution in [2.24, 2.45) is 5.92 Å². The fraction of sp³-hybridized carbons (Fsp3) is 0.600. The summed E-state index contributed by atoms with van der Waals surface area (Å²) in [5.74, 6) is 1.01. The van der Waals surface area contributed by atoms with Crippen LogP contribution in [0.25, 0.3) is 0 Å². The van der Waals surface area contributed by atoms with Gasteiger partial charge in [0, 0.05) is 6.04 Å². The molecule has 0 aromatic heterocycles. The Kier molecular flexibility index (Phi) is 5.14. The predicted molar refractivity (Wildman–Crippen MR) is 71.4 cm³/mol. The molecule has 1 fully saturated rings. The van der Waals surface area contributed by atoms with Gasteiger partial charge >= 0.3 is 6.61 Å². The minimum absolute atomic E-state index is 0.233. The molecule has 0 heterocycles. The average Bonchev–Trinajstić information content (AvgIpc) is 2.31. The van der Waals surface area contributed by atoms with Crippen molar-refractivity contribution in [3.63, 3.8) is 0 Å². The summed E-state index contributed by atoms with van der Waals surface area (Å²) in [7, 11) is 0. The number of alkyl halides is 2. The second-order valence-electron chi connectivity index (χ2n) is 5.09. The first-order valence-corrected chi connectivity index (χ1v) is 6.97. The monoisotopic (exact) mass is 269 g/mol. The molecule has 0 bridgehead atoms. The Balaban J connectivity index is 2.06. The molecular weight excluding hydrogens is 248 g/mol. The molecule has 1 aliphatic rings. The number of halogens is 2. The first kappa shape index (κ1) is 14.3. The van der Waals surface area contributed by atoms with Gasteiger partial charge in [-0.2, -0.15) is 8.78 Å². The van der Waals surface area contributed by atoms with Gasteiger partial charge < -0.3 is 10.1 Å². The van der Waals surface area contributed by atoms with Crippen LogP contribution in [0.4, 0.5) is 8.78 Å². The summed E-state index contributed by atoms with van der Waals surface area (Å²) in [6.45, 7) is 0.171. The van der Waals surface area contributed by atoms with Crippen molar-refractivity contribution in [3.8, 4) is 5.75 Å². The van der Waals surface area contributed by atoms with E-state index in [4.69, 9.17) is 0 Å². The maximum atomic E-state index is 12.2. The summed E-state index contributed by atoms with van der Waals surface area (Å²) in [5.41, 5.74) is 1.03. The van der Waals surface area contributed by atoms with Crippen molar-refractivity contribution >= 4 is 0 Å². The highest BCUT2D eigenvalue weighted by atomic mass is 19.3. The van der Waals surface area contributed by atoms with Gasteiger partial charge in [-0.15, -0.1) is 0 Å². The van der Waals surface area contributed by atoms with Gasteiger partial charge in [0.25, 0.3) is 0 Å². The lowest BCUT2D eigenvalue weighted by molar-refractivity contribution is -0.0499. The fourth-order valence-corrected chi connectivity index (χ4v) is 2.55. The van der Waals surface area contributed by atoms with E-state index in [1.807, 2.05) is 6.07 Å². The van der Waals surface area contributed by atoms with Crippen LogP contribution < -0.4 is 10.1 Å². The van der Waals surface area contributed by atoms with Gasteiger partial charge in [0.05, 0.1) is 0 Å². The minimum atomic E-state index is -2.76. The number of benzene rings is 1. The molecule has 1 N–H and O–H groups in total. The summed E-state index contributed by atoms with van der Waals surface area (Å²) in [6, 6.07) is 7.28. The van der Waals surface area contributed by atoms with Gasteiger partial charge in [0.1, 0.15) is 5.75 Å². The second-order valence-corrected chi connectivity index (χ2v) is 5.09. The van der Waals surface area contributed by atoms with Crippen molar-refractivity contribution in [1.82, 2.24) is 5.32 Å². The van der Waals surface area contributed by atoms with Crippen LogP contribution in [0.3, 0.4) is 0 Å². The highest BCUT2D eigenvalue weighted by Gasteiger charge is 2.23. The maximum absolute atomic E-state index is 12.2. The van der Waals surface area contributed by atoms with Gasteiger partial charge in [-0.05, 0) is 36.6 Å². The molecule has 106 valence electrons. The van der Waals surface area contributed by atoms with Gasteiger partial charge in [-0.1, -0.05) is 38.3 Å². The van der Waals surface area contributed by atoms with E-state index in [0.29, 0.717) is 0 Å². The Morgan fingerprint density at radius 1 is 1.37 bits per heavy atom. The minimum Gasteiger partial charge on any atom is -0.435 e. The molecule has 0 radical (unpaired) electrons. The van der Waals surface area contributed by atoms with E-state index in [2.05, 4.69) is 17.0 Å². The molecule has 2 rings (SSSR count). The highest BCUT2D eigenvalue weighted by molar-refractivity contribution is 5.30. The second kappa shape index (κ2) is 6.85. The van der Waals surface area contributed by atoms with Crippen molar-refractivity contribution in [1.29, 1.82) is 0 Å². The van der Waals surface area contributed by atoms with Gasteiger partial charge in [0.15, 0.2) is 0 Å². The van der Waals surface area contributed by atoms with Crippen LogP contribution in [-0.4, -0.2) is 13.2 Å². The van der Waals surface area contributed by atoms with E-state index in [9.17, 15) is 8.78 Å². The topological polar surface area (TPSA) is 21.3 Å². The number of hydrogen-bond acceptors (Lipinski definition) is 2. The molecule has 0 saturated heterocycles. The van der Waals surface area contributed by atoms with Crippen LogP contribution in [0.5, 0.6) is 5.75 Å². The highest BCUT2D eigenvalue weighted by Crippen LogP contribution is 2.35. The van der Waals surface area contributed by atoms with Crippen molar-refractivity contribution in [2.75, 3.05) is 6.54 Å². The number of ether oxygens (including phenoxy) is 1. The van der Waals surface area contributed by atoms with E-state index in [0.717, 1.165) is 24.4 Å². The van der Waals surface area contributed by atoms with Gasteiger partial charge in [0.2, 0.25) is 0 Å². The van der Waals surface area contributed by atoms with Gasteiger partial charge in [-0.3, -0.25) is 0 Å². The maximum Gasteiger partial charge on any atom is 0.387 e. The molecule has 0 aliphatic heterocycles. The molecule has 4 heteroatoms. The van der Waals surface area contributed by atoms with Gasteiger partial charge in [-0.25, -0.2) is 0 Å². The van der Waals surface area contributed by atoms with E-state index >= 15 is 0 Å². The Morgan fingerprint density at radius 2 is 2.16 bits per heavy atom. The summed E-state index contributed by atoms with van der Waals surface area (Å²) >= 11 is 0. The summed E-state index contributed by atoms with van der Waals surface area (Å²) in [6.07, 6.45) is 4.97. The standard InChI is InChI=1S/C15H21F2NO/c1-2-18-14(9-11-5-3-6-11)12-7-4-8-13(10-12)19-15(16)17/h4,7-8,10-11,14-15,18H,2-3,5-6,9H2,1H3. The molecule has 1 unspecified atom stereocenters. The van der Waals surface area contributed by atoms with Crippen molar-refractivity contribution in [3.05, 3.63) is 29.8 Å². The molecule has 1 atom stereocenters. The summed E-state index contributed by atoms with van der Waals surface area (Å²) in [5, 5.41) is 3.44. The normalized spacial score (nSPS) is 17.3. The Hall–Kier alpha value is -1.16. The van der Waals surface area contributed by atoms with Crippen molar-refractivity contribution < 1.29 is 13.5 Å². The van der Waals surface area contributed by atoms with E-state index < -0.39 is 6.61 Å². The number of nitrogens with one attached hydrogen (secondary N) is 1. The lowest BCUT2D eigenvalue weighted by Crippen LogP contribution is -2.25. The number of rotatable bonds is 7. The Labute approximate surface area is 113 Å².